The number of aromatic carboxylic acids is 1. The van der Waals surface area contributed by atoms with Gasteiger partial charge in [0.15, 0.2) is 5.69 Å². The number of hydrogen-bond acceptors (Lipinski definition) is 6. The fourth-order valence-corrected chi connectivity index (χ4v) is 1.65. The van der Waals surface area contributed by atoms with Gasteiger partial charge in [-0.3, -0.25) is 4.79 Å². The van der Waals surface area contributed by atoms with Crippen LogP contribution < -0.4 is 10.6 Å². The van der Waals surface area contributed by atoms with Gasteiger partial charge in [0.25, 0.3) is 5.91 Å². The fraction of sp³-hybridized carbons (Fsp3) is 0.600. The number of morpholine rings is 1. The number of carboxylic acid groups (broad SMARTS) is 1. The van der Waals surface area contributed by atoms with Gasteiger partial charge in [0.05, 0.1) is 19.3 Å². The molecule has 19 heavy (non-hydrogen) atoms. The van der Waals surface area contributed by atoms with Crippen molar-refractivity contribution >= 4 is 11.9 Å². The minimum Gasteiger partial charge on any atom is -0.476 e. The number of carbonyl (C=O) groups is 2. The Kier molecular flexibility index (Phi) is 4.42. The van der Waals surface area contributed by atoms with Gasteiger partial charge in [-0.1, -0.05) is 5.21 Å². The number of carbonyl (C=O) groups excluding carboxylic acids is 1. The Labute approximate surface area is 108 Å². The molecule has 1 saturated heterocycles. The van der Waals surface area contributed by atoms with Gasteiger partial charge >= 0.3 is 5.97 Å². The molecule has 1 aromatic heterocycles. The molecule has 9 nitrogen and oxygen atoms in total. The fourth-order valence-electron chi connectivity index (χ4n) is 1.65. The summed E-state index contributed by atoms with van der Waals surface area (Å²) in [5, 5.41) is 21.5. The third-order valence-corrected chi connectivity index (χ3v) is 2.62. The molecular formula is C10H15N5O4. The molecule has 9 heteroatoms. The minimum atomic E-state index is -1.13. The highest BCUT2D eigenvalue weighted by atomic mass is 16.5. The number of rotatable bonds is 5. The van der Waals surface area contributed by atoms with Crippen LogP contribution in [0.25, 0.3) is 0 Å². The summed E-state index contributed by atoms with van der Waals surface area (Å²) in [5.74, 6) is -1.32. The number of ether oxygens (including phenoxy) is 1. The van der Waals surface area contributed by atoms with E-state index in [0.717, 1.165) is 6.54 Å². The lowest BCUT2D eigenvalue weighted by molar-refractivity contribution is -0.134. The molecule has 0 saturated carbocycles. The zero-order valence-electron chi connectivity index (χ0n) is 10.2. The summed E-state index contributed by atoms with van der Waals surface area (Å²) in [6, 6.07) is 0. The topological polar surface area (TPSA) is 118 Å². The molecule has 1 aliphatic heterocycles. The Morgan fingerprint density at radius 1 is 1.63 bits per heavy atom. The van der Waals surface area contributed by atoms with Crippen molar-refractivity contribution in [3.8, 4) is 0 Å². The summed E-state index contributed by atoms with van der Waals surface area (Å²) < 4.78 is 6.66. The predicted octanol–water partition coefficient (Wildman–Crippen LogP) is -1.92. The van der Waals surface area contributed by atoms with Gasteiger partial charge in [-0.15, -0.1) is 5.10 Å². The summed E-state index contributed by atoms with van der Waals surface area (Å²) in [7, 11) is 0. The standard InChI is InChI=1S/C10H15N5O4/c16-9(8-5-11-2-4-19-8)12-1-3-15-6-7(10(17)18)13-14-15/h6,8,11H,1-5H2,(H,12,16)(H,17,18). The van der Waals surface area contributed by atoms with Crippen molar-refractivity contribution in [3.05, 3.63) is 11.9 Å². The molecular weight excluding hydrogens is 254 g/mol. The molecule has 1 aromatic rings. The van der Waals surface area contributed by atoms with E-state index in [9.17, 15) is 9.59 Å². The second-order valence-corrected chi connectivity index (χ2v) is 4.03. The molecule has 0 aliphatic carbocycles. The molecule has 1 aliphatic rings. The van der Waals surface area contributed by atoms with Crippen LogP contribution in [0, 0.1) is 0 Å². The van der Waals surface area contributed by atoms with Crippen molar-refractivity contribution in [1.29, 1.82) is 0 Å². The predicted molar refractivity (Wildman–Crippen MR) is 62.6 cm³/mol. The second-order valence-electron chi connectivity index (χ2n) is 4.03. The molecule has 0 bridgehead atoms. The van der Waals surface area contributed by atoms with Crippen molar-refractivity contribution in [1.82, 2.24) is 25.6 Å². The van der Waals surface area contributed by atoms with Crippen molar-refractivity contribution in [2.24, 2.45) is 0 Å². The first kappa shape index (κ1) is 13.4. The number of amides is 1. The van der Waals surface area contributed by atoms with E-state index in [2.05, 4.69) is 20.9 Å². The van der Waals surface area contributed by atoms with E-state index >= 15 is 0 Å². The van der Waals surface area contributed by atoms with Crippen LogP contribution in [-0.4, -0.2) is 64.3 Å². The quantitative estimate of drug-likeness (QED) is 0.570. The van der Waals surface area contributed by atoms with Gasteiger partial charge in [-0.05, 0) is 0 Å². The van der Waals surface area contributed by atoms with Crippen LogP contribution in [0.1, 0.15) is 10.5 Å². The first-order valence-electron chi connectivity index (χ1n) is 5.90. The summed E-state index contributed by atoms with van der Waals surface area (Å²) in [6.07, 6.45) is 0.840. The molecule has 0 spiro atoms. The number of aromatic nitrogens is 3. The normalized spacial score (nSPS) is 19.1. The van der Waals surface area contributed by atoms with Crippen LogP contribution in [0.15, 0.2) is 6.20 Å². The monoisotopic (exact) mass is 269 g/mol. The third kappa shape index (κ3) is 3.73. The number of nitrogens with zero attached hydrogens (tertiary/aromatic N) is 3. The van der Waals surface area contributed by atoms with E-state index in [0.29, 0.717) is 26.2 Å². The molecule has 1 atom stereocenters. The van der Waals surface area contributed by atoms with E-state index in [1.54, 1.807) is 0 Å². The average Bonchev–Trinajstić information content (AvgIpc) is 2.89. The van der Waals surface area contributed by atoms with Gasteiger partial charge in [0.1, 0.15) is 6.10 Å². The molecule has 1 fully saturated rings. The van der Waals surface area contributed by atoms with Crippen molar-refractivity contribution < 1.29 is 19.4 Å². The lowest BCUT2D eigenvalue weighted by Crippen LogP contribution is -2.48. The van der Waals surface area contributed by atoms with Crippen LogP contribution in [-0.2, 0) is 16.1 Å². The van der Waals surface area contributed by atoms with Gasteiger partial charge < -0.3 is 20.5 Å². The molecule has 0 aromatic carbocycles. The molecule has 2 rings (SSSR count). The lowest BCUT2D eigenvalue weighted by Gasteiger charge is -2.22. The number of nitrogens with one attached hydrogen (secondary N) is 2. The minimum absolute atomic E-state index is 0.119. The summed E-state index contributed by atoms with van der Waals surface area (Å²) in [6.45, 7) is 2.45. The maximum absolute atomic E-state index is 11.7. The Morgan fingerprint density at radius 3 is 3.11 bits per heavy atom. The summed E-state index contributed by atoms with van der Waals surface area (Å²) >= 11 is 0. The average molecular weight is 269 g/mol. The van der Waals surface area contributed by atoms with Crippen LogP contribution in [0.2, 0.25) is 0 Å². The maximum atomic E-state index is 11.7. The smallest absolute Gasteiger partial charge is 0.358 e. The SMILES string of the molecule is O=C(O)c1cn(CCNC(=O)C2CNCCO2)nn1. The first-order valence-corrected chi connectivity index (χ1v) is 5.90. The molecule has 1 amide bonds. The Balaban J connectivity index is 1.73. The lowest BCUT2D eigenvalue weighted by atomic mass is 10.3. The molecule has 0 radical (unpaired) electrons. The highest BCUT2D eigenvalue weighted by Crippen LogP contribution is 1.96. The molecule has 104 valence electrons. The first-order chi connectivity index (χ1) is 9.16. The van der Waals surface area contributed by atoms with E-state index in [1.807, 2.05) is 0 Å². The van der Waals surface area contributed by atoms with Crippen molar-refractivity contribution in [2.45, 2.75) is 12.6 Å². The van der Waals surface area contributed by atoms with E-state index in [4.69, 9.17) is 9.84 Å². The van der Waals surface area contributed by atoms with Gasteiger partial charge in [-0.2, -0.15) is 0 Å². The molecule has 3 N–H and O–H groups in total. The van der Waals surface area contributed by atoms with Gasteiger partial charge in [0, 0.05) is 19.6 Å². The zero-order chi connectivity index (χ0) is 13.7. The van der Waals surface area contributed by atoms with Crippen molar-refractivity contribution in [2.75, 3.05) is 26.2 Å². The number of carboxylic acids is 1. The Hall–Kier alpha value is -2.00. The van der Waals surface area contributed by atoms with E-state index in [-0.39, 0.29) is 11.6 Å². The van der Waals surface area contributed by atoms with E-state index < -0.39 is 12.1 Å². The third-order valence-electron chi connectivity index (χ3n) is 2.62. The van der Waals surface area contributed by atoms with Gasteiger partial charge in [0.2, 0.25) is 0 Å². The van der Waals surface area contributed by atoms with Crippen LogP contribution in [0.5, 0.6) is 0 Å². The van der Waals surface area contributed by atoms with Crippen LogP contribution >= 0.6 is 0 Å². The number of hydrogen-bond donors (Lipinski definition) is 3. The van der Waals surface area contributed by atoms with Crippen LogP contribution in [0.3, 0.4) is 0 Å². The Bertz CT molecular complexity index is 455. The van der Waals surface area contributed by atoms with Gasteiger partial charge in [-0.25, -0.2) is 9.48 Å². The van der Waals surface area contributed by atoms with Crippen LogP contribution in [0.4, 0.5) is 0 Å². The highest BCUT2D eigenvalue weighted by molar-refractivity contribution is 5.84. The maximum Gasteiger partial charge on any atom is 0.358 e. The molecule has 1 unspecified atom stereocenters. The largest absolute Gasteiger partial charge is 0.476 e. The highest BCUT2D eigenvalue weighted by Gasteiger charge is 2.21. The second kappa shape index (κ2) is 6.25. The summed E-state index contributed by atoms with van der Waals surface area (Å²) in [4.78, 5) is 22.3. The zero-order valence-corrected chi connectivity index (χ0v) is 10.2. The van der Waals surface area contributed by atoms with E-state index in [1.165, 1.54) is 10.9 Å². The summed E-state index contributed by atoms with van der Waals surface area (Å²) in [5.41, 5.74) is -0.119. The van der Waals surface area contributed by atoms with Crippen molar-refractivity contribution in [3.63, 3.8) is 0 Å². The molecule has 2 heterocycles. The Morgan fingerprint density at radius 2 is 2.47 bits per heavy atom.